The van der Waals surface area contributed by atoms with Gasteiger partial charge >= 0.3 is 0 Å². The van der Waals surface area contributed by atoms with E-state index < -0.39 is 12.2 Å². The van der Waals surface area contributed by atoms with Crippen molar-refractivity contribution in [1.29, 1.82) is 0 Å². The highest BCUT2D eigenvalue weighted by atomic mass is 32.1. The van der Waals surface area contributed by atoms with Crippen molar-refractivity contribution in [2.45, 2.75) is 18.6 Å². The van der Waals surface area contributed by atoms with Crippen molar-refractivity contribution in [1.82, 2.24) is 0 Å². The predicted molar refractivity (Wildman–Crippen MR) is 37.6 cm³/mol. The zero-order valence-electron chi connectivity index (χ0n) is 5.06. The molecule has 0 saturated carbocycles. The predicted octanol–water partition coefficient (Wildman–Crippen LogP) is -0.980. The van der Waals surface area contributed by atoms with E-state index in [1.807, 2.05) is 0 Å². The molecule has 4 heteroatoms. The number of thiol groups is 1. The fourth-order valence-electron chi connectivity index (χ4n) is 0.446. The Kier molecular flexibility index (Phi) is 5.18. The fourth-order valence-corrected chi connectivity index (χ4v) is 0.690. The van der Waals surface area contributed by atoms with Gasteiger partial charge in [0.2, 0.25) is 0 Å². The molecule has 0 amide bonds. The molecule has 0 aliphatic carbocycles. The molecule has 0 rings (SSSR count). The lowest BCUT2D eigenvalue weighted by Gasteiger charge is -2.13. The molecule has 9 heavy (non-hydrogen) atoms. The van der Waals surface area contributed by atoms with Crippen LogP contribution in [0.5, 0.6) is 0 Å². The van der Waals surface area contributed by atoms with E-state index in [-0.39, 0.29) is 18.8 Å². The minimum atomic E-state index is -0.840. The number of aliphatic hydroxyl groups excluding tert-OH is 3. The van der Waals surface area contributed by atoms with Crippen molar-refractivity contribution in [3.8, 4) is 0 Å². The Bertz CT molecular complexity index is 69.2. The largest absolute Gasteiger partial charge is 0.396 e. The van der Waals surface area contributed by atoms with Gasteiger partial charge in [0, 0.05) is 12.4 Å². The van der Waals surface area contributed by atoms with Crippen LogP contribution >= 0.6 is 12.6 Å². The summed E-state index contributed by atoms with van der Waals surface area (Å²) >= 11 is 3.76. The molecule has 0 bridgehead atoms. The van der Waals surface area contributed by atoms with Gasteiger partial charge in [-0.25, -0.2) is 0 Å². The van der Waals surface area contributed by atoms with Gasteiger partial charge in [0.25, 0.3) is 0 Å². The second-order valence-electron chi connectivity index (χ2n) is 1.83. The van der Waals surface area contributed by atoms with Gasteiger partial charge in [-0.3, -0.25) is 0 Å². The summed E-state index contributed by atoms with van der Waals surface area (Å²) in [5, 5.41) is 26.0. The second kappa shape index (κ2) is 5.05. The van der Waals surface area contributed by atoms with Crippen LogP contribution in [0.2, 0.25) is 0 Å². The number of hydrogen-bond acceptors (Lipinski definition) is 4. The summed E-state index contributed by atoms with van der Waals surface area (Å²) in [6.07, 6.45) is -1.45. The lowest BCUT2D eigenvalue weighted by Crippen LogP contribution is -2.28. The molecule has 0 heterocycles. The first kappa shape index (κ1) is 9.23. The highest BCUT2D eigenvalue weighted by Crippen LogP contribution is 1.99. The zero-order chi connectivity index (χ0) is 7.28. The topological polar surface area (TPSA) is 60.7 Å². The number of hydrogen-bond donors (Lipinski definition) is 4. The molecule has 0 aliphatic heterocycles. The summed E-state index contributed by atoms with van der Waals surface area (Å²) in [4.78, 5) is 0. The summed E-state index contributed by atoms with van der Waals surface area (Å²) < 4.78 is 0. The maximum atomic E-state index is 8.86. The SMILES string of the molecule is OCC[C@H](O)[C@H](O)CS. The second-order valence-corrected chi connectivity index (χ2v) is 2.19. The van der Waals surface area contributed by atoms with Gasteiger partial charge in [0.05, 0.1) is 12.2 Å². The standard InChI is InChI=1S/C5H12O3S/c6-2-1-4(7)5(8)3-9/h4-9H,1-3H2/t4-,5+/m0/s1. The van der Waals surface area contributed by atoms with Gasteiger partial charge in [-0.15, -0.1) is 0 Å². The third-order valence-electron chi connectivity index (χ3n) is 1.06. The van der Waals surface area contributed by atoms with Crippen LogP contribution in [0, 0.1) is 0 Å². The van der Waals surface area contributed by atoms with E-state index in [2.05, 4.69) is 12.6 Å². The van der Waals surface area contributed by atoms with Crippen LogP contribution in [0.1, 0.15) is 6.42 Å². The van der Waals surface area contributed by atoms with Crippen molar-refractivity contribution in [3.05, 3.63) is 0 Å². The minimum absolute atomic E-state index is 0.105. The third kappa shape index (κ3) is 3.75. The summed E-state index contributed by atoms with van der Waals surface area (Å²) in [5.74, 6) is 0.223. The molecule has 2 atom stereocenters. The van der Waals surface area contributed by atoms with E-state index in [1.54, 1.807) is 0 Å². The van der Waals surface area contributed by atoms with E-state index >= 15 is 0 Å². The molecule has 0 fully saturated rings. The van der Waals surface area contributed by atoms with Crippen molar-refractivity contribution in [2.75, 3.05) is 12.4 Å². The highest BCUT2D eigenvalue weighted by molar-refractivity contribution is 7.80. The molecule has 0 saturated heterocycles. The molecule has 0 aromatic heterocycles. The molecule has 3 N–H and O–H groups in total. The third-order valence-corrected chi connectivity index (χ3v) is 1.43. The maximum Gasteiger partial charge on any atom is 0.0887 e. The smallest absolute Gasteiger partial charge is 0.0887 e. The highest BCUT2D eigenvalue weighted by Gasteiger charge is 2.12. The molecule has 0 aliphatic rings. The molecular formula is C5H12O3S. The van der Waals surface area contributed by atoms with E-state index in [9.17, 15) is 0 Å². The summed E-state index contributed by atoms with van der Waals surface area (Å²) in [6, 6.07) is 0. The molecule has 0 unspecified atom stereocenters. The summed E-state index contributed by atoms with van der Waals surface area (Å²) in [5.41, 5.74) is 0. The van der Waals surface area contributed by atoms with Crippen LogP contribution in [-0.4, -0.2) is 39.9 Å². The molecule has 0 aromatic carbocycles. The van der Waals surface area contributed by atoms with Gasteiger partial charge < -0.3 is 15.3 Å². The Morgan fingerprint density at radius 2 is 1.78 bits per heavy atom. The maximum absolute atomic E-state index is 8.86. The van der Waals surface area contributed by atoms with Crippen LogP contribution in [-0.2, 0) is 0 Å². The quantitative estimate of drug-likeness (QED) is 0.392. The summed E-state index contributed by atoms with van der Waals surface area (Å²) in [6.45, 7) is -0.105. The van der Waals surface area contributed by atoms with Crippen molar-refractivity contribution in [3.63, 3.8) is 0 Å². The molecule has 3 nitrogen and oxygen atoms in total. The van der Waals surface area contributed by atoms with Crippen LogP contribution in [0.15, 0.2) is 0 Å². The Labute approximate surface area is 59.7 Å². The Balaban J connectivity index is 3.32. The van der Waals surface area contributed by atoms with Gasteiger partial charge in [0.1, 0.15) is 0 Å². The number of rotatable bonds is 4. The minimum Gasteiger partial charge on any atom is -0.396 e. The van der Waals surface area contributed by atoms with Gasteiger partial charge in [-0.2, -0.15) is 12.6 Å². The lowest BCUT2D eigenvalue weighted by molar-refractivity contribution is 0.0190. The van der Waals surface area contributed by atoms with Crippen LogP contribution in [0.25, 0.3) is 0 Å². The van der Waals surface area contributed by atoms with Crippen molar-refractivity contribution in [2.24, 2.45) is 0 Å². The Morgan fingerprint density at radius 1 is 1.22 bits per heavy atom. The van der Waals surface area contributed by atoms with E-state index in [4.69, 9.17) is 15.3 Å². The fraction of sp³-hybridized carbons (Fsp3) is 1.00. The normalized spacial score (nSPS) is 17.3. The lowest BCUT2D eigenvalue weighted by atomic mass is 10.2. The number of aliphatic hydroxyl groups is 3. The van der Waals surface area contributed by atoms with E-state index in [0.717, 1.165) is 0 Å². The first-order valence-corrected chi connectivity index (χ1v) is 3.43. The Hall–Kier alpha value is 0.230. The van der Waals surface area contributed by atoms with Crippen molar-refractivity contribution < 1.29 is 15.3 Å². The first-order valence-electron chi connectivity index (χ1n) is 2.80. The first-order chi connectivity index (χ1) is 4.22. The molecular weight excluding hydrogens is 140 g/mol. The molecule has 0 radical (unpaired) electrons. The van der Waals surface area contributed by atoms with Gasteiger partial charge in [-0.05, 0) is 6.42 Å². The zero-order valence-corrected chi connectivity index (χ0v) is 5.96. The summed E-state index contributed by atoms with van der Waals surface area (Å²) in [7, 11) is 0. The Morgan fingerprint density at radius 3 is 2.11 bits per heavy atom. The van der Waals surface area contributed by atoms with E-state index in [0.29, 0.717) is 0 Å². The monoisotopic (exact) mass is 152 g/mol. The molecule has 56 valence electrons. The average Bonchev–Trinajstić information content (AvgIpc) is 1.87. The average molecular weight is 152 g/mol. The van der Waals surface area contributed by atoms with Crippen LogP contribution < -0.4 is 0 Å². The van der Waals surface area contributed by atoms with Crippen LogP contribution in [0.3, 0.4) is 0 Å². The van der Waals surface area contributed by atoms with Gasteiger partial charge in [-0.1, -0.05) is 0 Å². The van der Waals surface area contributed by atoms with Crippen molar-refractivity contribution >= 4 is 12.6 Å². The van der Waals surface area contributed by atoms with Gasteiger partial charge in [0.15, 0.2) is 0 Å². The molecule has 0 aromatic rings. The molecule has 0 spiro atoms. The van der Waals surface area contributed by atoms with E-state index in [1.165, 1.54) is 0 Å². The van der Waals surface area contributed by atoms with Crippen LogP contribution in [0.4, 0.5) is 0 Å².